The van der Waals surface area contributed by atoms with Gasteiger partial charge in [-0.25, -0.2) is 0 Å². The van der Waals surface area contributed by atoms with Gasteiger partial charge in [0, 0.05) is 16.1 Å². The van der Waals surface area contributed by atoms with Crippen molar-refractivity contribution in [3.05, 3.63) is 58.6 Å². The molecule has 0 bridgehead atoms. The summed E-state index contributed by atoms with van der Waals surface area (Å²) in [6, 6.07) is 12.8. The molecule has 0 spiro atoms. The van der Waals surface area contributed by atoms with Gasteiger partial charge in [0.15, 0.2) is 18.1 Å². The van der Waals surface area contributed by atoms with Gasteiger partial charge in [-0.15, -0.1) is 0 Å². The Bertz CT molecular complexity index is 814. The molecule has 7 heteroatoms. The second-order valence-electron chi connectivity index (χ2n) is 7.13. The van der Waals surface area contributed by atoms with Gasteiger partial charge in [-0.05, 0) is 56.7 Å². The highest BCUT2D eigenvalue weighted by Gasteiger charge is 2.13. The molecule has 2 aromatic rings. The number of nitrogens with one attached hydrogen (secondary N) is 1. The van der Waals surface area contributed by atoms with Gasteiger partial charge >= 0.3 is 0 Å². The number of amides is 1. The zero-order chi connectivity index (χ0) is 20.6. The van der Waals surface area contributed by atoms with E-state index in [1.165, 1.54) is 6.21 Å². The zero-order valence-corrected chi connectivity index (χ0v) is 17.2. The minimum Gasteiger partial charge on any atom is -0.493 e. The number of nitrogens with zero attached hydrogens (tertiary/aromatic N) is 1. The first-order chi connectivity index (χ1) is 13.3. The first-order valence-corrected chi connectivity index (χ1v) is 9.16. The monoisotopic (exact) mass is 404 g/mol. The van der Waals surface area contributed by atoms with Gasteiger partial charge in [0.1, 0.15) is 6.61 Å². The summed E-state index contributed by atoms with van der Waals surface area (Å²) in [4.78, 5) is 16.7. The van der Waals surface area contributed by atoms with E-state index in [0.717, 1.165) is 11.1 Å². The highest BCUT2D eigenvalue weighted by molar-refractivity contribution is 6.30. The molecule has 0 aliphatic carbocycles. The summed E-state index contributed by atoms with van der Waals surface area (Å²) in [6.45, 7) is 5.95. The lowest BCUT2D eigenvalue weighted by Crippen LogP contribution is -2.42. The largest absolute Gasteiger partial charge is 0.493 e. The summed E-state index contributed by atoms with van der Waals surface area (Å²) < 4.78 is 11.2. The van der Waals surface area contributed by atoms with Gasteiger partial charge in [0.05, 0.1) is 13.3 Å². The third kappa shape index (κ3) is 7.48. The van der Waals surface area contributed by atoms with Crippen LogP contribution in [0.15, 0.2) is 47.6 Å². The first kappa shape index (κ1) is 21.6. The number of hydrogen-bond acceptors (Lipinski definition) is 5. The lowest BCUT2D eigenvalue weighted by atomic mass is 10.1. The predicted molar refractivity (Wildman–Crippen MR) is 110 cm³/mol. The van der Waals surface area contributed by atoms with Crippen molar-refractivity contribution >= 4 is 23.7 Å². The molecule has 0 saturated carbocycles. The number of benzene rings is 2. The summed E-state index contributed by atoms with van der Waals surface area (Å²) >= 11 is 5.89. The van der Waals surface area contributed by atoms with Crippen molar-refractivity contribution in [1.29, 1.82) is 0 Å². The number of hydrogen-bond donors (Lipinski definition) is 1. The van der Waals surface area contributed by atoms with Crippen LogP contribution in [0.2, 0.25) is 5.02 Å². The highest BCUT2D eigenvalue weighted by atomic mass is 35.5. The molecule has 0 aromatic heterocycles. The molecular weight excluding hydrogens is 380 g/mol. The molecule has 28 heavy (non-hydrogen) atoms. The molecule has 0 aliphatic rings. The van der Waals surface area contributed by atoms with Crippen molar-refractivity contribution in [2.24, 2.45) is 5.16 Å². The van der Waals surface area contributed by atoms with Crippen molar-refractivity contribution in [3.63, 3.8) is 0 Å². The smallest absolute Gasteiger partial charge is 0.261 e. The van der Waals surface area contributed by atoms with E-state index >= 15 is 0 Å². The molecule has 1 N–H and O–H groups in total. The minimum atomic E-state index is -0.306. The van der Waals surface area contributed by atoms with Crippen molar-refractivity contribution < 1.29 is 19.1 Å². The van der Waals surface area contributed by atoms with Gasteiger partial charge in [-0.2, -0.15) is 0 Å². The Morgan fingerprint density at radius 3 is 2.50 bits per heavy atom. The van der Waals surface area contributed by atoms with Gasteiger partial charge in [0.2, 0.25) is 0 Å². The Morgan fingerprint density at radius 1 is 1.14 bits per heavy atom. The van der Waals surface area contributed by atoms with E-state index in [9.17, 15) is 4.79 Å². The molecule has 150 valence electrons. The first-order valence-electron chi connectivity index (χ1n) is 8.78. The number of carbonyl (C=O) groups is 1. The van der Waals surface area contributed by atoms with Crippen LogP contribution in [0.3, 0.4) is 0 Å². The average Bonchev–Trinajstić information content (AvgIpc) is 2.63. The molecular formula is C21H25ClN2O4. The Labute approximate surface area is 170 Å². The summed E-state index contributed by atoms with van der Waals surface area (Å²) in [5.41, 5.74) is 1.45. The zero-order valence-electron chi connectivity index (χ0n) is 16.5. The summed E-state index contributed by atoms with van der Waals surface area (Å²) in [5.74, 6) is 0.955. The van der Waals surface area contributed by atoms with Crippen LogP contribution in [0.5, 0.6) is 11.5 Å². The van der Waals surface area contributed by atoms with Gasteiger partial charge < -0.3 is 19.6 Å². The molecule has 0 atom stereocenters. The number of ether oxygens (including phenoxy) is 2. The van der Waals surface area contributed by atoms with Crippen LogP contribution >= 0.6 is 11.6 Å². The standard InChI is InChI=1S/C21H25ClN2O4/c1-21(2,3)24-20(25)14-28-23-12-16-7-10-18(19(11-16)26-4)27-13-15-5-8-17(22)9-6-15/h5-12H,13-14H2,1-4H3,(H,24,25). The molecule has 2 aromatic carbocycles. The molecule has 0 heterocycles. The Morgan fingerprint density at radius 2 is 1.86 bits per heavy atom. The van der Waals surface area contributed by atoms with Crippen molar-refractivity contribution in [1.82, 2.24) is 5.32 Å². The van der Waals surface area contributed by atoms with Crippen LogP contribution in [-0.2, 0) is 16.2 Å². The summed E-state index contributed by atoms with van der Waals surface area (Å²) in [6.07, 6.45) is 1.51. The van der Waals surface area contributed by atoms with E-state index in [1.54, 1.807) is 19.2 Å². The fraction of sp³-hybridized carbons (Fsp3) is 0.333. The lowest BCUT2D eigenvalue weighted by Gasteiger charge is -2.19. The second-order valence-corrected chi connectivity index (χ2v) is 7.57. The molecule has 0 unspecified atom stereocenters. The van der Waals surface area contributed by atoms with E-state index in [2.05, 4.69) is 10.5 Å². The normalized spacial score (nSPS) is 11.3. The van der Waals surface area contributed by atoms with Crippen LogP contribution < -0.4 is 14.8 Å². The van der Waals surface area contributed by atoms with E-state index < -0.39 is 0 Å². The van der Waals surface area contributed by atoms with Crippen LogP contribution in [-0.4, -0.2) is 31.4 Å². The SMILES string of the molecule is COc1cc(C=NOCC(=O)NC(C)(C)C)ccc1OCc1ccc(Cl)cc1. The topological polar surface area (TPSA) is 69.2 Å². The third-order valence-electron chi connectivity index (χ3n) is 3.48. The van der Waals surface area contributed by atoms with Gasteiger partial charge in [-0.1, -0.05) is 28.9 Å². The van der Waals surface area contributed by atoms with Crippen molar-refractivity contribution in [2.75, 3.05) is 13.7 Å². The molecule has 0 fully saturated rings. The maximum atomic E-state index is 11.7. The predicted octanol–water partition coefficient (Wildman–Crippen LogP) is 4.19. The van der Waals surface area contributed by atoms with Crippen LogP contribution in [0.25, 0.3) is 0 Å². The number of rotatable bonds is 8. The Balaban J connectivity index is 1.91. The van der Waals surface area contributed by atoms with Crippen molar-refractivity contribution in [3.8, 4) is 11.5 Å². The quantitative estimate of drug-likeness (QED) is 0.529. The molecule has 6 nitrogen and oxygen atoms in total. The van der Waals surface area contributed by atoms with E-state index in [1.807, 2.05) is 51.1 Å². The number of carbonyl (C=O) groups excluding carboxylic acids is 1. The molecule has 2 rings (SSSR count). The highest BCUT2D eigenvalue weighted by Crippen LogP contribution is 2.28. The minimum absolute atomic E-state index is 0.146. The molecule has 1 amide bonds. The summed E-state index contributed by atoms with van der Waals surface area (Å²) in [5, 5.41) is 7.30. The van der Waals surface area contributed by atoms with E-state index in [-0.39, 0.29) is 18.1 Å². The fourth-order valence-electron chi connectivity index (χ4n) is 2.27. The van der Waals surface area contributed by atoms with Crippen LogP contribution in [0, 0.1) is 0 Å². The fourth-order valence-corrected chi connectivity index (χ4v) is 2.40. The third-order valence-corrected chi connectivity index (χ3v) is 3.73. The van der Waals surface area contributed by atoms with Crippen LogP contribution in [0.4, 0.5) is 0 Å². The lowest BCUT2D eigenvalue weighted by molar-refractivity contribution is -0.127. The number of halogens is 1. The maximum Gasteiger partial charge on any atom is 0.261 e. The summed E-state index contributed by atoms with van der Waals surface area (Å²) in [7, 11) is 1.57. The van der Waals surface area contributed by atoms with Gasteiger partial charge in [-0.3, -0.25) is 4.79 Å². The van der Waals surface area contributed by atoms with Crippen molar-refractivity contribution in [2.45, 2.75) is 32.9 Å². The molecule has 0 aliphatic heterocycles. The van der Waals surface area contributed by atoms with Gasteiger partial charge in [0.25, 0.3) is 5.91 Å². The molecule has 0 saturated heterocycles. The number of oxime groups is 1. The Hall–Kier alpha value is -2.73. The number of methoxy groups -OCH3 is 1. The Kier molecular flexibility index (Phi) is 7.70. The second kappa shape index (κ2) is 9.99. The maximum absolute atomic E-state index is 11.7. The average molecular weight is 405 g/mol. The van der Waals surface area contributed by atoms with Crippen LogP contribution in [0.1, 0.15) is 31.9 Å². The van der Waals surface area contributed by atoms with E-state index in [4.69, 9.17) is 25.9 Å². The molecule has 0 radical (unpaired) electrons. The van der Waals surface area contributed by atoms with E-state index in [0.29, 0.717) is 23.1 Å².